The van der Waals surface area contributed by atoms with Gasteiger partial charge in [0.1, 0.15) is 18.1 Å². The Hall–Kier alpha value is -3.80. The molecule has 6 nitrogen and oxygen atoms in total. The standard InChI is InChI=1S/C26H25N3O3/c1-16-12-13-18(32-16)14-27-23(30)15-29-25(19-8-4-5-9-20(19)26(29)31)24-17(2)28(3)22-11-7-6-10-21(22)24/h4-13,25H,14-15H2,1-3H3,(H,27,30)/t25-/m1/s1. The molecule has 0 aliphatic carbocycles. The lowest BCUT2D eigenvalue weighted by Crippen LogP contribution is -2.39. The summed E-state index contributed by atoms with van der Waals surface area (Å²) in [7, 11) is 2.03. The molecule has 0 spiro atoms. The van der Waals surface area contributed by atoms with E-state index in [1.165, 1.54) is 0 Å². The molecular formula is C26H25N3O3. The van der Waals surface area contributed by atoms with Gasteiger partial charge in [0.2, 0.25) is 5.91 Å². The Balaban J connectivity index is 1.52. The summed E-state index contributed by atoms with van der Waals surface area (Å²) in [6.07, 6.45) is 0. The average molecular weight is 428 g/mol. The molecular weight excluding hydrogens is 402 g/mol. The molecule has 1 N–H and O–H groups in total. The van der Waals surface area contributed by atoms with Gasteiger partial charge in [0, 0.05) is 34.8 Å². The van der Waals surface area contributed by atoms with Crippen LogP contribution in [0.1, 0.15) is 44.7 Å². The number of nitrogens with one attached hydrogen (secondary N) is 1. The predicted molar refractivity (Wildman–Crippen MR) is 122 cm³/mol. The number of nitrogens with zero attached hydrogens (tertiary/aromatic N) is 2. The Bertz CT molecular complexity index is 1350. The molecule has 2 aromatic heterocycles. The Morgan fingerprint density at radius 3 is 2.56 bits per heavy atom. The number of benzene rings is 2. The van der Waals surface area contributed by atoms with Crippen molar-refractivity contribution in [1.29, 1.82) is 0 Å². The van der Waals surface area contributed by atoms with E-state index in [4.69, 9.17) is 4.42 Å². The molecule has 0 bridgehead atoms. The van der Waals surface area contributed by atoms with E-state index in [9.17, 15) is 9.59 Å². The van der Waals surface area contributed by atoms with Crippen molar-refractivity contribution in [1.82, 2.24) is 14.8 Å². The molecule has 0 saturated heterocycles. The van der Waals surface area contributed by atoms with Crippen molar-refractivity contribution in [2.45, 2.75) is 26.4 Å². The Labute approximate surface area is 186 Å². The quantitative estimate of drug-likeness (QED) is 0.518. The van der Waals surface area contributed by atoms with E-state index in [2.05, 4.69) is 28.9 Å². The number of fused-ring (bicyclic) bond motifs is 2. The zero-order chi connectivity index (χ0) is 22.4. The molecule has 4 aromatic rings. The Kier molecular flexibility index (Phi) is 4.85. The average Bonchev–Trinajstić information content (AvgIpc) is 3.41. The lowest BCUT2D eigenvalue weighted by atomic mass is 9.95. The lowest BCUT2D eigenvalue weighted by Gasteiger charge is -2.26. The molecule has 162 valence electrons. The smallest absolute Gasteiger partial charge is 0.255 e. The van der Waals surface area contributed by atoms with Crippen LogP contribution in [0.15, 0.2) is 65.1 Å². The van der Waals surface area contributed by atoms with E-state index in [-0.39, 0.29) is 24.4 Å². The van der Waals surface area contributed by atoms with E-state index in [0.29, 0.717) is 17.9 Å². The summed E-state index contributed by atoms with van der Waals surface area (Å²) < 4.78 is 7.68. The van der Waals surface area contributed by atoms with E-state index < -0.39 is 0 Å². The summed E-state index contributed by atoms with van der Waals surface area (Å²) >= 11 is 0. The van der Waals surface area contributed by atoms with Crippen LogP contribution in [-0.4, -0.2) is 27.8 Å². The molecule has 5 rings (SSSR count). The van der Waals surface area contributed by atoms with Crippen LogP contribution >= 0.6 is 0 Å². The first-order valence-electron chi connectivity index (χ1n) is 10.7. The van der Waals surface area contributed by atoms with Crippen LogP contribution in [0, 0.1) is 13.8 Å². The molecule has 1 aliphatic heterocycles. The second-order valence-electron chi connectivity index (χ2n) is 8.29. The number of amides is 2. The maximum atomic E-state index is 13.4. The zero-order valence-electron chi connectivity index (χ0n) is 18.4. The third kappa shape index (κ3) is 3.19. The van der Waals surface area contributed by atoms with Crippen molar-refractivity contribution >= 4 is 22.7 Å². The van der Waals surface area contributed by atoms with Crippen LogP contribution in [0.5, 0.6) is 0 Å². The van der Waals surface area contributed by atoms with Crippen molar-refractivity contribution in [2.75, 3.05) is 6.54 Å². The number of carbonyl (C=O) groups is 2. The van der Waals surface area contributed by atoms with Crippen molar-refractivity contribution in [3.8, 4) is 0 Å². The van der Waals surface area contributed by atoms with E-state index in [0.717, 1.165) is 33.5 Å². The normalized spacial score (nSPS) is 15.4. The van der Waals surface area contributed by atoms with E-state index >= 15 is 0 Å². The lowest BCUT2D eigenvalue weighted by molar-refractivity contribution is -0.122. The number of carbonyl (C=O) groups excluding carboxylic acids is 2. The molecule has 0 fully saturated rings. The van der Waals surface area contributed by atoms with Gasteiger partial charge in [-0.05, 0) is 43.7 Å². The molecule has 6 heteroatoms. The number of para-hydroxylation sites is 1. The minimum atomic E-state index is -0.318. The zero-order valence-corrected chi connectivity index (χ0v) is 18.4. The molecule has 2 aromatic carbocycles. The van der Waals surface area contributed by atoms with Gasteiger partial charge in [-0.2, -0.15) is 0 Å². The number of aromatic nitrogens is 1. The van der Waals surface area contributed by atoms with Crippen molar-refractivity contribution in [3.63, 3.8) is 0 Å². The van der Waals surface area contributed by atoms with Crippen molar-refractivity contribution < 1.29 is 14.0 Å². The highest BCUT2D eigenvalue weighted by molar-refractivity contribution is 6.02. The van der Waals surface area contributed by atoms with Gasteiger partial charge in [-0.1, -0.05) is 36.4 Å². The summed E-state index contributed by atoms with van der Waals surface area (Å²) in [4.78, 5) is 27.9. The minimum Gasteiger partial charge on any atom is -0.465 e. The second-order valence-corrected chi connectivity index (χ2v) is 8.29. The van der Waals surface area contributed by atoms with Crippen LogP contribution in [0.4, 0.5) is 0 Å². The third-order valence-corrected chi connectivity index (χ3v) is 6.35. The molecule has 2 amide bonds. The van der Waals surface area contributed by atoms with Gasteiger partial charge in [-0.25, -0.2) is 0 Å². The van der Waals surface area contributed by atoms with Crippen molar-refractivity contribution in [2.24, 2.45) is 7.05 Å². The molecule has 0 unspecified atom stereocenters. The van der Waals surface area contributed by atoms with Gasteiger partial charge >= 0.3 is 0 Å². The van der Waals surface area contributed by atoms with Gasteiger partial charge in [0.25, 0.3) is 5.91 Å². The molecule has 1 atom stereocenters. The van der Waals surface area contributed by atoms with Crippen LogP contribution in [0.2, 0.25) is 0 Å². The third-order valence-electron chi connectivity index (χ3n) is 6.35. The number of hydrogen-bond acceptors (Lipinski definition) is 3. The molecule has 1 aliphatic rings. The minimum absolute atomic E-state index is 0.0273. The number of aryl methyl sites for hydroxylation is 2. The fourth-order valence-electron chi connectivity index (χ4n) is 4.72. The topological polar surface area (TPSA) is 67.5 Å². The van der Waals surface area contributed by atoms with Gasteiger partial charge < -0.3 is 19.2 Å². The second kappa shape index (κ2) is 7.71. The molecule has 3 heterocycles. The summed E-state index contributed by atoms with van der Waals surface area (Å²) in [5.41, 5.74) is 4.84. The number of rotatable bonds is 5. The highest BCUT2D eigenvalue weighted by atomic mass is 16.3. The van der Waals surface area contributed by atoms with Gasteiger partial charge in [-0.15, -0.1) is 0 Å². The summed E-state index contributed by atoms with van der Waals surface area (Å²) in [6.45, 7) is 4.20. The number of hydrogen-bond donors (Lipinski definition) is 1. The fourth-order valence-corrected chi connectivity index (χ4v) is 4.72. The van der Waals surface area contributed by atoms with Crippen LogP contribution in [0.25, 0.3) is 10.9 Å². The van der Waals surface area contributed by atoms with E-state index in [1.807, 2.05) is 62.5 Å². The summed E-state index contributed by atoms with van der Waals surface area (Å²) in [5, 5.41) is 3.98. The van der Waals surface area contributed by atoms with Gasteiger partial charge in [-0.3, -0.25) is 9.59 Å². The van der Waals surface area contributed by atoms with Gasteiger partial charge in [0.05, 0.1) is 12.6 Å². The number of furan rings is 1. The highest BCUT2D eigenvalue weighted by Gasteiger charge is 2.40. The van der Waals surface area contributed by atoms with Crippen molar-refractivity contribution in [3.05, 3.63) is 94.6 Å². The first-order chi connectivity index (χ1) is 15.5. The van der Waals surface area contributed by atoms with Gasteiger partial charge in [0.15, 0.2) is 0 Å². The van der Waals surface area contributed by atoms with E-state index in [1.54, 1.807) is 4.90 Å². The van der Waals surface area contributed by atoms with Crippen LogP contribution < -0.4 is 5.32 Å². The molecule has 0 saturated carbocycles. The van der Waals surface area contributed by atoms with Crippen LogP contribution in [-0.2, 0) is 18.4 Å². The molecule has 32 heavy (non-hydrogen) atoms. The highest BCUT2D eigenvalue weighted by Crippen LogP contribution is 2.43. The fraction of sp³-hybridized carbons (Fsp3) is 0.231. The molecule has 0 radical (unpaired) electrons. The maximum absolute atomic E-state index is 13.4. The first kappa shape index (κ1) is 20.1. The van der Waals surface area contributed by atoms with Crippen LogP contribution in [0.3, 0.4) is 0 Å². The summed E-state index contributed by atoms with van der Waals surface area (Å²) in [6, 6.07) is 19.2. The first-order valence-corrected chi connectivity index (χ1v) is 10.7. The Morgan fingerprint density at radius 1 is 1.03 bits per heavy atom. The Morgan fingerprint density at radius 2 is 1.78 bits per heavy atom. The summed E-state index contributed by atoms with van der Waals surface area (Å²) in [5.74, 6) is 1.14. The SMILES string of the molecule is Cc1ccc(CNC(=O)CN2C(=O)c3ccccc3[C@@H]2c2c(C)n(C)c3ccccc23)o1. The monoisotopic (exact) mass is 427 g/mol. The largest absolute Gasteiger partial charge is 0.465 e. The predicted octanol–water partition coefficient (Wildman–Crippen LogP) is 4.25. The maximum Gasteiger partial charge on any atom is 0.255 e.